The van der Waals surface area contributed by atoms with E-state index in [-0.39, 0.29) is 6.04 Å². The van der Waals surface area contributed by atoms with Crippen LogP contribution in [0.2, 0.25) is 5.15 Å². The second kappa shape index (κ2) is 5.54. The first kappa shape index (κ1) is 11.8. The first-order chi connectivity index (χ1) is 7.15. The first-order valence-electron chi connectivity index (χ1n) is 4.40. The van der Waals surface area contributed by atoms with Crippen molar-refractivity contribution in [2.45, 2.75) is 19.6 Å². The monoisotopic (exact) mass is 225 g/mol. The lowest BCUT2D eigenvalue weighted by molar-refractivity contribution is 0.178. The normalized spacial score (nSPS) is 11.9. The van der Waals surface area contributed by atoms with Crippen LogP contribution < -0.4 is 5.32 Å². The fourth-order valence-electron chi connectivity index (χ4n) is 0.996. The molecule has 1 unspecified atom stereocenters. The molecular formula is C10H12ClN3O. The Labute approximate surface area is 94.0 Å². The summed E-state index contributed by atoms with van der Waals surface area (Å²) in [5.41, 5.74) is 0. The second-order valence-corrected chi connectivity index (χ2v) is 3.35. The smallest absolute Gasteiger partial charge is 0.158 e. The Morgan fingerprint density at radius 1 is 1.67 bits per heavy atom. The number of nitrogens with one attached hydrogen (secondary N) is 1. The molecule has 1 rings (SSSR count). The van der Waals surface area contributed by atoms with Gasteiger partial charge in [-0.3, -0.25) is 0 Å². The molecule has 1 aromatic rings. The molecule has 5 heteroatoms. The Balaban J connectivity index is 2.84. The van der Waals surface area contributed by atoms with Crippen molar-refractivity contribution in [3.63, 3.8) is 0 Å². The summed E-state index contributed by atoms with van der Waals surface area (Å²) in [5.74, 6) is 3.67. The van der Waals surface area contributed by atoms with Crippen molar-refractivity contribution in [3.05, 3.63) is 17.0 Å². The second-order valence-electron chi connectivity index (χ2n) is 2.96. The fourth-order valence-corrected chi connectivity index (χ4v) is 1.20. The topological polar surface area (TPSA) is 47.0 Å². The summed E-state index contributed by atoms with van der Waals surface area (Å²) in [6, 6.07) is 1.51. The van der Waals surface area contributed by atoms with E-state index >= 15 is 0 Å². The number of halogens is 1. The van der Waals surface area contributed by atoms with Gasteiger partial charge in [0.1, 0.15) is 17.6 Å². The summed E-state index contributed by atoms with van der Waals surface area (Å²) in [6.07, 6.45) is 5.24. The Morgan fingerprint density at radius 3 is 3.00 bits per heavy atom. The summed E-state index contributed by atoms with van der Waals surface area (Å²) in [5, 5.41) is 3.37. The van der Waals surface area contributed by atoms with E-state index in [9.17, 15) is 0 Å². The van der Waals surface area contributed by atoms with Crippen LogP contribution in [0, 0.1) is 12.3 Å². The lowest BCUT2D eigenvalue weighted by Gasteiger charge is -2.09. The van der Waals surface area contributed by atoms with Crippen LogP contribution in [0.5, 0.6) is 0 Å². The van der Waals surface area contributed by atoms with Crippen LogP contribution in [0.3, 0.4) is 0 Å². The molecule has 4 nitrogen and oxygen atoms in total. The molecule has 0 radical (unpaired) electrons. The van der Waals surface area contributed by atoms with Crippen molar-refractivity contribution in [2.75, 3.05) is 12.4 Å². The molecule has 0 aliphatic rings. The first-order valence-corrected chi connectivity index (χ1v) is 4.78. The van der Waals surface area contributed by atoms with Gasteiger partial charge in [-0.1, -0.05) is 17.5 Å². The van der Waals surface area contributed by atoms with Crippen LogP contribution in [0.1, 0.15) is 12.7 Å². The number of hydrogen-bond acceptors (Lipinski definition) is 4. The van der Waals surface area contributed by atoms with Gasteiger partial charge in [0.15, 0.2) is 5.82 Å². The SMILES string of the molecule is C#CC(C)Nc1cc(Cl)nc(COC)n1. The molecule has 1 N–H and O–H groups in total. The van der Waals surface area contributed by atoms with Gasteiger partial charge in [0.2, 0.25) is 0 Å². The number of ether oxygens (including phenoxy) is 1. The molecule has 0 spiro atoms. The van der Waals surface area contributed by atoms with Crippen LogP contribution in [0.4, 0.5) is 5.82 Å². The number of hydrogen-bond donors (Lipinski definition) is 1. The van der Waals surface area contributed by atoms with E-state index in [0.717, 1.165) is 0 Å². The molecule has 0 saturated carbocycles. The number of aromatic nitrogens is 2. The van der Waals surface area contributed by atoms with Crippen LogP contribution in [-0.4, -0.2) is 23.1 Å². The Hall–Kier alpha value is -1.31. The summed E-state index contributed by atoms with van der Waals surface area (Å²) < 4.78 is 4.92. The van der Waals surface area contributed by atoms with Gasteiger partial charge in [-0.05, 0) is 6.92 Å². The predicted molar refractivity (Wildman–Crippen MR) is 59.7 cm³/mol. The number of anilines is 1. The third-order valence-electron chi connectivity index (χ3n) is 1.63. The quantitative estimate of drug-likeness (QED) is 0.626. The highest BCUT2D eigenvalue weighted by atomic mass is 35.5. The molecular weight excluding hydrogens is 214 g/mol. The highest BCUT2D eigenvalue weighted by Crippen LogP contribution is 2.12. The zero-order valence-electron chi connectivity index (χ0n) is 8.62. The molecule has 80 valence electrons. The van der Waals surface area contributed by atoms with Crippen LogP contribution in [0.25, 0.3) is 0 Å². The maximum absolute atomic E-state index is 5.81. The summed E-state index contributed by atoms with van der Waals surface area (Å²) in [7, 11) is 1.57. The average molecular weight is 226 g/mol. The van der Waals surface area contributed by atoms with E-state index < -0.39 is 0 Å². The van der Waals surface area contributed by atoms with Crippen molar-refractivity contribution in [2.24, 2.45) is 0 Å². The van der Waals surface area contributed by atoms with Crippen molar-refractivity contribution in [3.8, 4) is 12.3 Å². The summed E-state index contributed by atoms with van der Waals surface area (Å²) in [6.45, 7) is 2.17. The Kier molecular flexibility index (Phi) is 4.35. The number of terminal acetylenes is 1. The van der Waals surface area contributed by atoms with Crippen molar-refractivity contribution >= 4 is 17.4 Å². The molecule has 1 heterocycles. The minimum atomic E-state index is -0.105. The molecule has 0 fully saturated rings. The fraction of sp³-hybridized carbons (Fsp3) is 0.400. The van der Waals surface area contributed by atoms with Gasteiger partial charge in [0, 0.05) is 13.2 Å². The molecule has 0 aromatic carbocycles. The molecule has 0 aliphatic heterocycles. The van der Waals surface area contributed by atoms with Gasteiger partial charge in [0.25, 0.3) is 0 Å². The number of methoxy groups -OCH3 is 1. The molecule has 0 saturated heterocycles. The maximum atomic E-state index is 5.81. The predicted octanol–water partition coefficient (Wildman–Crippen LogP) is 1.71. The van der Waals surface area contributed by atoms with E-state index in [1.54, 1.807) is 13.2 Å². The minimum absolute atomic E-state index is 0.105. The molecule has 1 atom stereocenters. The van der Waals surface area contributed by atoms with E-state index in [1.807, 2.05) is 6.92 Å². The van der Waals surface area contributed by atoms with Gasteiger partial charge in [-0.25, -0.2) is 9.97 Å². The highest BCUT2D eigenvalue weighted by molar-refractivity contribution is 6.29. The average Bonchev–Trinajstić information content (AvgIpc) is 2.17. The molecule has 15 heavy (non-hydrogen) atoms. The van der Waals surface area contributed by atoms with Crippen LogP contribution in [-0.2, 0) is 11.3 Å². The van der Waals surface area contributed by atoms with Gasteiger partial charge in [-0.2, -0.15) is 0 Å². The Morgan fingerprint density at radius 2 is 2.40 bits per heavy atom. The molecule has 0 aliphatic carbocycles. The zero-order valence-corrected chi connectivity index (χ0v) is 9.38. The number of nitrogens with zero attached hydrogens (tertiary/aromatic N) is 2. The molecule has 0 bridgehead atoms. The van der Waals surface area contributed by atoms with E-state index in [4.69, 9.17) is 22.8 Å². The lowest BCUT2D eigenvalue weighted by Crippen LogP contribution is -2.14. The van der Waals surface area contributed by atoms with E-state index in [1.165, 1.54) is 0 Å². The Bertz CT molecular complexity index is 375. The van der Waals surface area contributed by atoms with Crippen molar-refractivity contribution < 1.29 is 4.74 Å². The standard InChI is InChI=1S/C10H12ClN3O/c1-4-7(2)12-9-5-8(11)13-10(14-9)6-15-3/h1,5,7H,6H2,2-3H3,(H,12,13,14). The van der Waals surface area contributed by atoms with Crippen molar-refractivity contribution in [1.82, 2.24) is 9.97 Å². The van der Waals surface area contributed by atoms with Gasteiger partial charge >= 0.3 is 0 Å². The largest absolute Gasteiger partial charge is 0.377 e. The number of rotatable bonds is 4. The third-order valence-corrected chi connectivity index (χ3v) is 1.82. The van der Waals surface area contributed by atoms with E-state index in [0.29, 0.717) is 23.4 Å². The molecule has 0 amide bonds. The van der Waals surface area contributed by atoms with E-state index in [2.05, 4.69) is 21.2 Å². The van der Waals surface area contributed by atoms with Crippen LogP contribution in [0.15, 0.2) is 6.07 Å². The minimum Gasteiger partial charge on any atom is -0.377 e. The third kappa shape index (κ3) is 3.74. The van der Waals surface area contributed by atoms with Gasteiger partial charge in [-0.15, -0.1) is 6.42 Å². The van der Waals surface area contributed by atoms with Gasteiger partial charge < -0.3 is 10.1 Å². The highest BCUT2D eigenvalue weighted by Gasteiger charge is 2.04. The van der Waals surface area contributed by atoms with Crippen molar-refractivity contribution in [1.29, 1.82) is 0 Å². The molecule has 1 aromatic heterocycles. The lowest BCUT2D eigenvalue weighted by atomic mass is 10.3. The van der Waals surface area contributed by atoms with Crippen LogP contribution >= 0.6 is 11.6 Å². The summed E-state index contributed by atoms with van der Waals surface area (Å²) >= 11 is 5.81. The maximum Gasteiger partial charge on any atom is 0.158 e. The summed E-state index contributed by atoms with van der Waals surface area (Å²) in [4.78, 5) is 8.18. The zero-order chi connectivity index (χ0) is 11.3. The van der Waals surface area contributed by atoms with Gasteiger partial charge in [0.05, 0.1) is 6.04 Å².